The third-order valence-corrected chi connectivity index (χ3v) is 3.91. The fourth-order valence-electron chi connectivity index (χ4n) is 2.12. The van der Waals surface area contributed by atoms with Crippen molar-refractivity contribution in [2.45, 2.75) is 26.1 Å². The number of aryl methyl sites for hydroxylation is 1. The van der Waals surface area contributed by atoms with E-state index in [1.54, 1.807) is 18.4 Å². The van der Waals surface area contributed by atoms with E-state index in [2.05, 4.69) is 15.3 Å². The topological polar surface area (TPSA) is 43.8 Å². The Balaban J connectivity index is 2.31. The number of nitrogens with zero attached hydrogens (tertiary/aromatic N) is 4. The highest BCUT2D eigenvalue weighted by Gasteiger charge is 2.28. The van der Waals surface area contributed by atoms with Crippen LogP contribution in [0, 0.1) is 6.92 Å². The first-order valence-corrected chi connectivity index (χ1v) is 8.17. The number of halogens is 3. The molecule has 0 aliphatic rings. The first-order valence-electron chi connectivity index (χ1n) is 7.29. The number of hydrogen-bond acceptors (Lipinski definition) is 4. The molecule has 1 N–H and O–H groups in total. The number of aromatic nitrogens is 1. The summed E-state index contributed by atoms with van der Waals surface area (Å²) in [7, 11) is 5.06. The summed E-state index contributed by atoms with van der Waals surface area (Å²) in [4.78, 5) is 11.8. The molecule has 0 saturated heterocycles. The van der Waals surface area contributed by atoms with Crippen LogP contribution in [0.25, 0.3) is 0 Å². The van der Waals surface area contributed by atoms with Gasteiger partial charge < -0.3 is 10.2 Å². The number of rotatable bonds is 7. The van der Waals surface area contributed by atoms with Crippen LogP contribution in [0.1, 0.15) is 17.1 Å². The van der Waals surface area contributed by atoms with Crippen LogP contribution in [0.5, 0.6) is 0 Å². The van der Waals surface area contributed by atoms with E-state index < -0.39 is 12.7 Å². The molecule has 23 heavy (non-hydrogen) atoms. The highest BCUT2D eigenvalue weighted by Crippen LogP contribution is 2.15. The Morgan fingerprint density at radius 1 is 1.39 bits per heavy atom. The zero-order valence-corrected chi connectivity index (χ0v) is 14.8. The van der Waals surface area contributed by atoms with Gasteiger partial charge >= 0.3 is 6.18 Å². The summed E-state index contributed by atoms with van der Waals surface area (Å²) in [6, 6.07) is 0. The van der Waals surface area contributed by atoms with Gasteiger partial charge in [-0.1, -0.05) is 0 Å². The minimum atomic E-state index is -4.15. The van der Waals surface area contributed by atoms with Crippen LogP contribution < -0.4 is 5.32 Å². The van der Waals surface area contributed by atoms with E-state index in [1.165, 1.54) is 11.9 Å². The standard InChI is InChI=1S/C14H24F3N5S/c1-11-20-12(9-23-11)8-22(4)13(18-2)19-6-5-7-21(3)10-14(15,16)17/h9H,5-8,10H2,1-4H3,(H,18,19). The van der Waals surface area contributed by atoms with E-state index in [1.807, 2.05) is 24.3 Å². The molecule has 9 heteroatoms. The molecule has 0 aromatic carbocycles. The number of alkyl halides is 3. The molecule has 1 rings (SSSR count). The molecule has 5 nitrogen and oxygen atoms in total. The molecule has 0 bridgehead atoms. The van der Waals surface area contributed by atoms with Gasteiger partial charge in [0, 0.05) is 26.0 Å². The van der Waals surface area contributed by atoms with Crippen molar-refractivity contribution in [2.24, 2.45) is 4.99 Å². The maximum absolute atomic E-state index is 12.2. The summed E-state index contributed by atoms with van der Waals surface area (Å²) in [5.74, 6) is 0.703. The second-order valence-corrected chi connectivity index (χ2v) is 6.46. The summed E-state index contributed by atoms with van der Waals surface area (Å²) in [6.45, 7) is 2.65. The van der Waals surface area contributed by atoms with E-state index in [9.17, 15) is 13.2 Å². The number of nitrogens with one attached hydrogen (secondary N) is 1. The summed E-state index contributed by atoms with van der Waals surface area (Å²) in [5, 5.41) is 6.18. The lowest BCUT2D eigenvalue weighted by Crippen LogP contribution is -2.40. The number of aliphatic imine (C=N–C) groups is 1. The van der Waals surface area contributed by atoms with Crippen LogP contribution >= 0.6 is 11.3 Å². The molecule has 0 unspecified atom stereocenters. The Bertz CT molecular complexity index is 501. The predicted octanol–water partition coefficient (Wildman–Crippen LogP) is 2.34. The molecule has 0 aliphatic carbocycles. The maximum Gasteiger partial charge on any atom is 0.401 e. The number of guanidine groups is 1. The lowest BCUT2D eigenvalue weighted by Gasteiger charge is -2.22. The molecule has 0 spiro atoms. The van der Waals surface area contributed by atoms with Gasteiger partial charge in [-0.15, -0.1) is 11.3 Å². The molecule has 132 valence electrons. The fourth-order valence-corrected chi connectivity index (χ4v) is 2.72. The van der Waals surface area contributed by atoms with Gasteiger partial charge in [0.2, 0.25) is 0 Å². The van der Waals surface area contributed by atoms with Crippen LogP contribution in [0.4, 0.5) is 13.2 Å². The van der Waals surface area contributed by atoms with E-state index in [0.29, 0.717) is 32.0 Å². The Labute approximate surface area is 139 Å². The van der Waals surface area contributed by atoms with E-state index >= 15 is 0 Å². The normalized spacial score (nSPS) is 12.8. The highest BCUT2D eigenvalue weighted by molar-refractivity contribution is 7.09. The second kappa shape index (κ2) is 9.07. The van der Waals surface area contributed by atoms with Crippen molar-refractivity contribution in [3.8, 4) is 0 Å². The number of hydrogen-bond donors (Lipinski definition) is 1. The molecular weight excluding hydrogens is 327 g/mol. The quantitative estimate of drug-likeness (QED) is 0.465. The van der Waals surface area contributed by atoms with Gasteiger partial charge in [0.1, 0.15) is 0 Å². The Hall–Kier alpha value is -1.35. The zero-order valence-electron chi connectivity index (χ0n) is 13.9. The molecule has 1 aromatic heterocycles. The molecule has 0 atom stereocenters. The van der Waals surface area contributed by atoms with Crippen molar-refractivity contribution < 1.29 is 13.2 Å². The maximum atomic E-state index is 12.2. The van der Waals surface area contributed by atoms with Crippen molar-refractivity contribution in [2.75, 3.05) is 40.8 Å². The van der Waals surface area contributed by atoms with E-state index in [-0.39, 0.29) is 0 Å². The van der Waals surface area contributed by atoms with Crippen LogP contribution in [0.2, 0.25) is 0 Å². The molecule has 1 heterocycles. The molecule has 0 fully saturated rings. The van der Waals surface area contributed by atoms with Gasteiger partial charge in [-0.05, 0) is 26.9 Å². The van der Waals surface area contributed by atoms with E-state index in [4.69, 9.17) is 0 Å². The van der Waals surface area contributed by atoms with Crippen molar-refractivity contribution >= 4 is 17.3 Å². The van der Waals surface area contributed by atoms with Gasteiger partial charge in [0.25, 0.3) is 0 Å². The Morgan fingerprint density at radius 3 is 2.61 bits per heavy atom. The van der Waals surface area contributed by atoms with Gasteiger partial charge in [-0.2, -0.15) is 13.2 Å². The molecular formula is C14H24F3N5S. The summed E-state index contributed by atoms with van der Waals surface area (Å²) < 4.78 is 36.7. The van der Waals surface area contributed by atoms with Crippen molar-refractivity contribution in [3.05, 3.63) is 16.1 Å². The summed E-state index contributed by atoms with van der Waals surface area (Å²) >= 11 is 1.60. The fraction of sp³-hybridized carbons (Fsp3) is 0.714. The summed E-state index contributed by atoms with van der Waals surface area (Å²) in [6.07, 6.45) is -3.54. The van der Waals surface area contributed by atoms with Gasteiger partial charge in [0.05, 0.1) is 23.8 Å². The highest BCUT2D eigenvalue weighted by atomic mass is 32.1. The van der Waals surface area contributed by atoms with Crippen molar-refractivity contribution in [1.82, 2.24) is 20.1 Å². The smallest absolute Gasteiger partial charge is 0.356 e. The van der Waals surface area contributed by atoms with Crippen LogP contribution in [0.15, 0.2) is 10.4 Å². The lowest BCUT2D eigenvalue weighted by molar-refractivity contribution is -0.143. The SMILES string of the molecule is CN=C(NCCCN(C)CC(F)(F)F)N(C)Cc1csc(C)n1. The molecule has 0 saturated carbocycles. The largest absolute Gasteiger partial charge is 0.401 e. The minimum absolute atomic E-state index is 0.374. The summed E-state index contributed by atoms with van der Waals surface area (Å²) in [5.41, 5.74) is 0.975. The van der Waals surface area contributed by atoms with Crippen molar-refractivity contribution in [3.63, 3.8) is 0 Å². The van der Waals surface area contributed by atoms with E-state index in [0.717, 1.165) is 10.7 Å². The van der Waals surface area contributed by atoms with Crippen LogP contribution in [0.3, 0.4) is 0 Å². The lowest BCUT2D eigenvalue weighted by atomic mass is 10.4. The Kier molecular flexibility index (Phi) is 7.77. The third-order valence-electron chi connectivity index (χ3n) is 3.09. The third kappa shape index (κ3) is 8.17. The molecule has 0 amide bonds. The minimum Gasteiger partial charge on any atom is -0.356 e. The second-order valence-electron chi connectivity index (χ2n) is 5.39. The van der Waals surface area contributed by atoms with Crippen LogP contribution in [-0.2, 0) is 6.54 Å². The number of thiazole rings is 1. The van der Waals surface area contributed by atoms with Gasteiger partial charge in [-0.3, -0.25) is 9.89 Å². The average molecular weight is 351 g/mol. The monoisotopic (exact) mass is 351 g/mol. The Morgan fingerprint density at radius 2 is 2.09 bits per heavy atom. The predicted molar refractivity (Wildman–Crippen MR) is 87.8 cm³/mol. The van der Waals surface area contributed by atoms with Crippen LogP contribution in [-0.4, -0.2) is 67.7 Å². The molecule has 0 radical (unpaired) electrons. The van der Waals surface area contributed by atoms with Crippen molar-refractivity contribution in [1.29, 1.82) is 0 Å². The first kappa shape index (κ1) is 19.7. The average Bonchev–Trinajstić information content (AvgIpc) is 2.82. The molecule has 0 aliphatic heterocycles. The molecule has 1 aromatic rings. The van der Waals surface area contributed by atoms with Gasteiger partial charge in [0.15, 0.2) is 5.96 Å². The zero-order chi connectivity index (χ0) is 17.5. The first-order chi connectivity index (χ1) is 10.7. The van der Waals surface area contributed by atoms with Gasteiger partial charge in [-0.25, -0.2) is 4.98 Å².